The fourth-order valence-corrected chi connectivity index (χ4v) is 3.94. The van der Waals surface area contributed by atoms with Gasteiger partial charge in [-0.15, -0.1) is 0 Å². The predicted molar refractivity (Wildman–Crippen MR) is 114 cm³/mol. The van der Waals surface area contributed by atoms with Crippen LogP contribution in [0.4, 0.5) is 0 Å². The Labute approximate surface area is 177 Å². The third-order valence-electron chi connectivity index (χ3n) is 5.03. The lowest BCUT2D eigenvalue weighted by molar-refractivity contribution is -0.144. The first-order valence-corrected chi connectivity index (χ1v) is 10.3. The quantitative estimate of drug-likeness (QED) is 0.481. The minimum atomic E-state index is -0.743. The van der Waals surface area contributed by atoms with Crippen molar-refractivity contribution < 1.29 is 19.1 Å². The molecule has 0 spiro atoms. The molecule has 0 radical (unpaired) electrons. The third kappa shape index (κ3) is 5.46. The number of aliphatic imine (C=N–C) groups is 1. The van der Waals surface area contributed by atoms with E-state index in [-0.39, 0.29) is 6.61 Å². The number of rotatable bonds is 9. The van der Waals surface area contributed by atoms with Gasteiger partial charge in [-0.1, -0.05) is 36.2 Å². The molecule has 0 aromatic heterocycles. The van der Waals surface area contributed by atoms with Gasteiger partial charge in [-0.3, -0.25) is 9.79 Å². The number of halogens is 1. The topological polar surface area (TPSA) is 91.0 Å². The van der Waals surface area contributed by atoms with E-state index in [0.717, 1.165) is 19.3 Å². The first-order chi connectivity index (χ1) is 14.0. The Balaban J connectivity index is 2.62. The monoisotopic (exact) mass is 420 g/mol. The minimum Gasteiger partial charge on any atom is -0.468 e. The molecule has 6 nitrogen and oxygen atoms in total. The Bertz CT molecular complexity index is 804. The van der Waals surface area contributed by atoms with Crippen molar-refractivity contribution in [1.29, 1.82) is 0 Å². The van der Waals surface area contributed by atoms with Crippen molar-refractivity contribution in [2.24, 2.45) is 16.6 Å². The van der Waals surface area contributed by atoms with E-state index in [1.54, 1.807) is 19.9 Å². The molecule has 0 saturated carbocycles. The van der Waals surface area contributed by atoms with Gasteiger partial charge in [0.25, 0.3) is 0 Å². The van der Waals surface area contributed by atoms with E-state index in [2.05, 4.69) is 4.99 Å². The smallest absolute Gasteiger partial charge is 0.336 e. The Morgan fingerprint density at radius 3 is 2.55 bits per heavy atom. The van der Waals surface area contributed by atoms with Crippen LogP contribution in [0.3, 0.4) is 0 Å². The van der Waals surface area contributed by atoms with E-state index in [1.807, 2.05) is 18.2 Å². The van der Waals surface area contributed by atoms with Crippen LogP contribution in [-0.2, 0) is 19.1 Å². The van der Waals surface area contributed by atoms with Crippen molar-refractivity contribution in [2.75, 3.05) is 20.3 Å². The molecule has 0 amide bonds. The largest absolute Gasteiger partial charge is 0.468 e. The van der Waals surface area contributed by atoms with Crippen molar-refractivity contribution in [3.8, 4) is 0 Å². The summed E-state index contributed by atoms with van der Waals surface area (Å²) >= 11 is 6.48. The summed E-state index contributed by atoms with van der Waals surface area (Å²) in [4.78, 5) is 30.3. The maximum Gasteiger partial charge on any atom is 0.336 e. The third-order valence-corrected chi connectivity index (χ3v) is 5.37. The number of nitrogens with two attached hydrogens (primary N) is 1. The summed E-state index contributed by atoms with van der Waals surface area (Å²) in [6, 6.07) is 7.22. The first-order valence-electron chi connectivity index (χ1n) is 9.93. The molecule has 1 aliphatic rings. The summed E-state index contributed by atoms with van der Waals surface area (Å²) in [6.07, 6.45) is 3.27. The number of carbonyl (C=O) groups excluding carboxylic acids is 2. The van der Waals surface area contributed by atoms with E-state index >= 15 is 0 Å². The molecule has 0 saturated heterocycles. The molecule has 1 aromatic rings. The van der Waals surface area contributed by atoms with Gasteiger partial charge in [0, 0.05) is 16.7 Å². The average molecular weight is 421 g/mol. The Morgan fingerprint density at radius 2 is 1.93 bits per heavy atom. The van der Waals surface area contributed by atoms with Gasteiger partial charge in [0.05, 0.1) is 25.0 Å². The molecule has 0 fully saturated rings. The fourth-order valence-electron chi connectivity index (χ4n) is 3.68. The summed E-state index contributed by atoms with van der Waals surface area (Å²) in [7, 11) is 1.33. The maximum atomic E-state index is 13.0. The highest BCUT2D eigenvalue weighted by atomic mass is 35.5. The lowest BCUT2D eigenvalue weighted by Crippen LogP contribution is -2.36. The second-order valence-electron chi connectivity index (χ2n) is 6.93. The van der Waals surface area contributed by atoms with Gasteiger partial charge >= 0.3 is 11.9 Å². The summed E-state index contributed by atoms with van der Waals surface area (Å²) in [5, 5.41) is 0.477. The van der Waals surface area contributed by atoms with Gasteiger partial charge in [-0.25, -0.2) is 4.79 Å². The second-order valence-corrected chi connectivity index (χ2v) is 7.34. The highest BCUT2D eigenvalue weighted by Crippen LogP contribution is 2.43. The summed E-state index contributed by atoms with van der Waals surface area (Å²) in [6.45, 7) is 4.38. The van der Waals surface area contributed by atoms with Crippen molar-refractivity contribution in [1.82, 2.24) is 0 Å². The minimum absolute atomic E-state index is 0.226. The first kappa shape index (κ1) is 23.1. The number of carbonyl (C=O) groups is 2. The van der Waals surface area contributed by atoms with Crippen molar-refractivity contribution >= 4 is 29.3 Å². The Kier molecular flexibility index (Phi) is 8.86. The summed E-state index contributed by atoms with van der Waals surface area (Å²) in [5.41, 5.74) is 7.89. The van der Waals surface area contributed by atoms with Crippen molar-refractivity contribution in [3.63, 3.8) is 0 Å². The Morgan fingerprint density at radius 1 is 1.21 bits per heavy atom. The number of nitrogens with zero attached hydrogens (tertiary/aromatic N) is 1. The summed E-state index contributed by atoms with van der Waals surface area (Å²) in [5.74, 6) is -2.29. The van der Waals surface area contributed by atoms with Crippen molar-refractivity contribution in [3.05, 3.63) is 46.1 Å². The molecule has 0 bridgehead atoms. The average Bonchev–Trinajstić information content (AvgIpc) is 2.70. The molecule has 2 N–H and O–H groups in total. The molecule has 29 heavy (non-hydrogen) atoms. The zero-order valence-corrected chi connectivity index (χ0v) is 18.0. The molecule has 158 valence electrons. The molecule has 1 aliphatic heterocycles. The maximum absolute atomic E-state index is 13.0. The molecular weight excluding hydrogens is 392 g/mol. The molecular formula is C22H29ClN2O4. The second kappa shape index (κ2) is 11.1. The number of esters is 2. The number of hydrogen-bond acceptors (Lipinski definition) is 6. The molecule has 1 aromatic carbocycles. The van der Waals surface area contributed by atoms with Gasteiger partial charge in [-0.05, 0) is 51.3 Å². The number of benzene rings is 1. The van der Waals surface area contributed by atoms with Gasteiger partial charge < -0.3 is 15.2 Å². The Hall–Kier alpha value is -2.18. The van der Waals surface area contributed by atoms with Crippen LogP contribution in [0.5, 0.6) is 0 Å². The van der Waals surface area contributed by atoms with Crippen LogP contribution in [-0.4, -0.2) is 37.9 Å². The lowest BCUT2D eigenvalue weighted by atomic mass is 9.75. The van der Waals surface area contributed by atoms with Crippen LogP contribution in [0.2, 0.25) is 5.02 Å². The van der Waals surface area contributed by atoms with Crippen LogP contribution in [0.15, 0.2) is 40.5 Å². The van der Waals surface area contributed by atoms with E-state index < -0.39 is 23.8 Å². The summed E-state index contributed by atoms with van der Waals surface area (Å²) < 4.78 is 10.4. The number of methoxy groups -OCH3 is 1. The number of allylic oxidation sites excluding steroid dienone is 1. The van der Waals surface area contributed by atoms with Gasteiger partial charge in [0.2, 0.25) is 0 Å². The van der Waals surface area contributed by atoms with Crippen LogP contribution in [0.25, 0.3) is 0 Å². The predicted octanol–water partition coefficient (Wildman–Crippen LogP) is 4.02. The zero-order valence-electron chi connectivity index (χ0n) is 17.2. The molecule has 0 aliphatic carbocycles. The van der Waals surface area contributed by atoms with E-state index in [1.165, 1.54) is 7.11 Å². The van der Waals surface area contributed by atoms with Crippen LogP contribution in [0.1, 0.15) is 51.0 Å². The van der Waals surface area contributed by atoms with Gasteiger partial charge in [-0.2, -0.15) is 0 Å². The standard InChI is InChI=1S/C22H29ClN2O4/c1-4-29-22(27)20-17(12-6-5-9-13-24)25-14(2)18(21(26)28-3)19(20)15-10-7-8-11-16(15)23/h7-8,10-11,18-19H,4-6,9,12-13,24H2,1-3H3. The fraction of sp³-hybridized carbons (Fsp3) is 0.500. The normalized spacial score (nSPS) is 19.0. The van der Waals surface area contributed by atoms with Crippen LogP contribution < -0.4 is 5.73 Å². The molecule has 2 rings (SSSR count). The molecule has 7 heteroatoms. The van der Waals surface area contributed by atoms with Gasteiger partial charge in [0.15, 0.2) is 0 Å². The lowest BCUT2D eigenvalue weighted by Gasteiger charge is -2.32. The SMILES string of the molecule is CCOC(=O)C1=C(CCCCCN)N=C(C)C(C(=O)OC)C1c1ccccc1Cl. The van der Waals surface area contributed by atoms with E-state index in [4.69, 9.17) is 26.8 Å². The number of ether oxygens (including phenoxy) is 2. The number of hydrogen-bond donors (Lipinski definition) is 1. The highest BCUT2D eigenvalue weighted by molar-refractivity contribution is 6.31. The van der Waals surface area contributed by atoms with E-state index in [9.17, 15) is 9.59 Å². The highest BCUT2D eigenvalue weighted by Gasteiger charge is 2.43. The van der Waals surface area contributed by atoms with Crippen molar-refractivity contribution in [2.45, 2.75) is 45.4 Å². The molecule has 2 unspecified atom stereocenters. The van der Waals surface area contributed by atoms with Crippen LogP contribution in [0, 0.1) is 5.92 Å². The zero-order chi connectivity index (χ0) is 21.4. The van der Waals surface area contributed by atoms with E-state index in [0.29, 0.717) is 40.5 Å². The number of unbranched alkanes of at least 4 members (excludes halogenated alkanes) is 2. The molecule has 2 atom stereocenters. The molecule has 1 heterocycles. The van der Waals surface area contributed by atoms with Crippen LogP contribution >= 0.6 is 11.6 Å². The van der Waals surface area contributed by atoms with Gasteiger partial charge in [0.1, 0.15) is 5.92 Å².